The van der Waals surface area contributed by atoms with E-state index < -0.39 is 42.0 Å². The number of nitrogens with two attached hydrogens (primary N) is 3. The van der Waals surface area contributed by atoms with Crippen molar-refractivity contribution >= 4 is 17.7 Å². The number of carbonyl (C=O) groups is 3. The van der Waals surface area contributed by atoms with Gasteiger partial charge in [0, 0.05) is 6.54 Å². The van der Waals surface area contributed by atoms with Gasteiger partial charge >= 0.3 is 5.97 Å². The predicted octanol–water partition coefficient (Wildman–Crippen LogP) is -3.45. The molecule has 7 N–H and O–H groups in total. The Balaban J connectivity index is 2.77. The van der Waals surface area contributed by atoms with Crippen LogP contribution in [0.1, 0.15) is 0 Å². The third-order valence-corrected chi connectivity index (χ3v) is 2.17. The summed E-state index contributed by atoms with van der Waals surface area (Å²) in [6.07, 6.45) is -2.28. The fourth-order valence-electron chi connectivity index (χ4n) is 1.08. The molecule has 0 radical (unpaired) electrons. The summed E-state index contributed by atoms with van der Waals surface area (Å²) in [4.78, 5) is 32.8. The lowest BCUT2D eigenvalue weighted by Gasteiger charge is -2.19. The SMILES string of the molecule is NCC(N)(C(=O)O)C(=O)C1OC1C(N)=O. The number of amides is 1. The summed E-state index contributed by atoms with van der Waals surface area (Å²) in [5.41, 5.74) is 13.0. The Morgan fingerprint density at radius 2 is 1.87 bits per heavy atom. The van der Waals surface area contributed by atoms with Crippen molar-refractivity contribution < 1.29 is 24.2 Å². The van der Waals surface area contributed by atoms with Gasteiger partial charge in [-0.25, -0.2) is 4.79 Å². The lowest BCUT2D eigenvalue weighted by molar-refractivity contribution is -0.148. The van der Waals surface area contributed by atoms with Crippen LogP contribution in [0.25, 0.3) is 0 Å². The molecule has 3 unspecified atom stereocenters. The van der Waals surface area contributed by atoms with Gasteiger partial charge in [-0.15, -0.1) is 0 Å². The van der Waals surface area contributed by atoms with Crippen molar-refractivity contribution in [3.05, 3.63) is 0 Å². The van der Waals surface area contributed by atoms with E-state index in [1.807, 2.05) is 0 Å². The van der Waals surface area contributed by atoms with Crippen molar-refractivity contribution in [2.75, 3.05) is 6.54 Å². The van der Waals surface area contributed by atoms with Crippen LogP contribution in [0.2, 0.25) is 0 Å². The van der Waals surface area contributed by atoms with E-state index in [0.29, 0.717) is 0 Å². The minimum Gasteiger partial charge on any atom is -0.479 e. The monoisotopic (exact) mass is 217 g/mol. The molecule has 3 atom stereocenters. The quantitative estimate of drug-likeness (QED) is 0.275. The molecule has 1 saturated heterocycles. The molecule has 1 rings (SSSR count). The molecule has 15 heavy (non-hydrogen) atoms. The number of Topliss-reactive ketones (excluding diaryl/α,β-unsaturated/α-hetero) is 1. The molecule has 8 heteroatoms. The van der Waals surface area contributed by atoms with Crippen molar-refractivity contribution in [1.29, 1.82) is 0 Å². The first-order valence-electron chi connectivity index (χ1n) is 4.06. The Hall–Kier alpha value is -1.51. The van der Waals surface area contributed by atoms with Crippen molar-refractivity contribution in [3.63, 3.8) is 0 Å². The maximum atomic E-state index is 11.5. The first-order chi connectivity index (χ1) is 6.84. The summed E-state index contributed by atoms with van der Waals surface area (Å²) in [6, 6.07) is 0. The molecule has 0 aromatic carbocycles. The van der Waals surface area contributed by atoms with Crippen molar-refractivity contribution in [2.45, 2.75) is 17.7 Å². The van der Waals surface area contributed by atoms with E-state index in [9.17, 15) is 14.4 Å². The van der Waals surface area contributed by atoms with Crippen LogP contribution in [0.4, 0.5) is 0 Å². The zero-order valence-electron chi connectivity index (χ0n) is 7.67. The lowest BCUT2D eigenvalue weighted by Crippen LogP contribution is -2.62. The molecule has 0 saturated carbocycles. The number of epoxide rings is 1. The maximum Gasteiger partial charge on any atom is 0.332 e. The Kier molecular flexibility index (Phi) is 2.75. The number of ketones is 1. The molecule has 1 fully saturated rings. The molecule has 1 amide bonds. The highest BCUT2D eigenvalue weighted by Crippen LogP contribution is 2.26. The second-order valence-electron chi connectivity index (χ2n) is 3.22. The van der Waals surface area contributed by atoms with Gasteiger partial charge in [-0.3, -0.25) is 9.59 Å². The van der Waals surface area contributed by atoms with Gasteiger partial charge in [0.1, 0.15) is 0 Å². The number of carbonyl (C=O) groups excluding carboxylic acids is 2. The standard InChI is InChI=1S/C7H11N3O5/c8-1-7(10,6(13)14)4(11)2-3(15-2)5(9)12/h2-3H,1,8,10H2,(H2,9,12)(H,13,14). The molecule has 1 heterocycles. The first kappa shape index (κ1) is 11.6. The molecular formula is C7H11N3O5. The van der Waals surface area contributed by atoms with Gasteiger partial charge in [0.05, 0.1) is 0 Å². The van der Waals surface area contributed by atoms with Crippen LogP contribution >= 0.6 is 0 Å². The van der Waals surface area contributed by atoms with Gasteiger partial charge in [0.25, 0.3) is 0 Å². The molecule has 1 aliphatic heterocycles. The Labute approximate surface area is 84.3 Å². The normalized spacial score (nSPS) is 27.9. The van der Waals surface area contributed by atoms with Crippen LogP contribution in [0.3, 0.4) is 0 Å². The number of aliphatic carboxylic acids is 1. The fourth-order valence-corrected chi connectivity index (χ4v) is 1.08. The molecular weight excluding hydrogens is 206 g/mol. The van der Waals surface area contributed by atoms with Crippen LogP contribution < -0.4 is 17.2 Å². The summed E-state index contributed by atoms with van der Waals surface area (Å²) >= 11 is 0. The Morgan fingerprint density at radius 1 is 1.33 bits per heavy atom. The molecule has 0 aromatic heterocycles. The van der Waals surface area contributed by atoms with E-state index >= 15 is 0 Å². The minimum atomic E-state index is -2.23. The molecule has 0 aromatic rings. The van der Waals surface area contributed by atoms with Gasteiger partial charge in [-0.1, -0.05) is 0 Å². The van der Waals surface area contributed by atoms with Crippen molar-refractivity contribution in [1.82, 2.24) is 0 Å². The molecule has 0 aliphatic carbocycles. The average molecular weight is 217 g/mol. The smallest absolute Gasteiger partial charge is 0.332 e. The summed E-state index contributed by atoms with van der Waals surface area (Å²) < 4.78 is 4.62. The largest absolute Gasteiger partial charge is 0.479 e. The van der Waals surface area contributed by atoms with Gasteiger partial charge in [-0.2, -0.15) is 0 Å². The average Bonchev–Trinajstić information content (AvgIpc) is 2.94. The number of rotatable bonds is 5. The highest BCUT2D eigenvalue weighted by atomic mass is 16.6. The van der Waals surface area contributed by atoms with E-state index in [2.05, 4.69) is 4.74 Å². The molecule has 0 bridgehead atoms. The number of carboxylic acid groups (broad SMARTS) is 1. The molecule has 1 aliphatic rings. The van der Waals surface area contributed by atoms with E-state index in [1.54, 1.807) is 0 Å². The van der Waals surface area contributed by atoms with Gasteiger partial charge in [0.15, 0.2) is 23.5 Å². The highest BCUT2D eigenvalue weighted by molar-refractivity contribution is 6.12. The van der Waals surface area contributed by atoms with Crippen LogP contribution in [-0.2, 0) is 19.1 Å². The van der Waals surface area contributed by atoms with E-state index in [0.717, 1.165) is 0 Å². The second-order valence-corrected chi connectivity index (χ2v) is 3.22. The van der Waals surface area contributed by atoms with Crippen LogP contribution in [0.15, 0.2) is 0 Å². The highest BCUT2D eigenvalue weighted by Gasteiger charge is 2.57. The van der Waals surface area contributed by atoms with Crippen LogP contribution in [0.5, 0.6) is 0 Å². The third kappa shape index (κ3) is 1.82. The van der Waals surface area contributed by atoms with Gasteiger partial charge in [-0.05, 0) is 0 Å². The van der Waals surface area contributed by atoms with Crippen LogP contribution in [0, 0.1) is 0 Å². The zero-order chi connectivity index (χ0) is 11.8. The number of hydrogen-bond acceptors (Lipinski definition) is 6. The summed E-state index contributed by atoms with van der Waals surface area (Å²) in [5, 5.41) is 8.71. The van der Waals surface area contributed by atoms with Crippen LogP contribution in [-0.4, -0.2) is 47.1 Å². The zero-order valence-corrected chi connectivity index (χ0v) is 7.67. The third-order valence-electron chi connectivity index (χ3n) is 2.17. The lowest BCUT2D eigenvalue weighted by atomic mass is 9.92. The maximum absolute atomic E-state index is 11.5. The molecule has 84 valence electrons. The van der Waals surface area contributed by atoms with E-state index in [-0.39, 0.29) is 0 Å². The Morgan fingerprint density at radius 3 is 2.13 bits per heavy atom. The Bertz CT molecular complexity index is 331. The number of ether oxygens (including phenoxy) is 1. The summed E-state index contributed by atoms with van der Waals surface area (Å²) in [7, 11) is 0. The summed E-state index contributed by atoms with van der Waals surface area (Å²) in [6.45, 7) is -0.577. The molecule has 0 spiro atoms. The van der Waals surface area contributed by atoms with E-state index in [1.165, 1.54) is 0 Å². The number of carboxylic acids is 1. The first-order valence-corrected chi connectivity index (χ1v) is 4.06. The van der Waals surface area contributed by atoms with Gasteiger partial charge in [0.2, 0.25) is 5.91 Å². The number of hydrogen-bond donors (Lipinski definition) is 4. The summed E-state index contributed by atoms with van der Waals surface area (Å²) in [5.74, 6) is -3.34. The van der Waals surface area contributed by atoms with Crippen molar-refractivity contribution in [2.24, 2.45) is 17.2 Å². The van der Waals surface area contributed by atoms with E-state index in [4.69, 9.17) is 22.3 Å². The molecule has 8 nitrogen and oxygen atoms in total. The van der Waals surface area contributed by atoms with Crippen molar-refractivity contribution in [3.8, 4) is 0 Å². The predicted molar refractivity (Wildman–Crippen MR) is 46.5 cm³/mol. The minimum absolute atomic E-state index is 0.577. The van der Waals surface area contributed by atoms with Gasteiger partial charge < -0.3 is 27.0 Å². The topological polar surface area (TPSA) is 162 Å². The second kappa shape index (κ2) is 3.57. The number of primary amides is 1. The fraction of sp³-hybridized carbons (Fsp3) is 0.571.